The molecule has 2 aromatic carbocycles. The molecule has 0 spiro atoms. The standard InChI is InChI=1S/C26H33ClFN3OSSi/c1-25(2,3)34(5,6)32-17-26(4)16-23-29-30-24(31(23)13-14-33-26)20-12-11-18(15-21(20)27)19-9-7-8-10-22(19)28/h7-12,15H,13-14,16-17H2,1-6H3. The van der Waals surface area contributed by atoms with Gasteiger partial charge in [-0.3, -0.25) is 0 Å². The van der Waals surface area contributed by atoms with Gasteiger partial charge in [-0.15, -0.1) is 10.2 Å². The lowest BCUT2D eigenvalue weighted by Crippen LogP contribution is -2.45. The maximum Gasteiger partial charge on any atom is 0.192 e. The Labute approximate surface area is 212 Å². The van der Waals surface area contributed by atoms with Crippen molar-refractivity contribution in [2.45, 2.75) is 63.5 Å². The molecule has 0 N–H and O–H groups in total. The molecular formula is C26H33ClFN3OSSi. The second kappa shape index (κ2) is 9.41. The Hall–Kier alpha value is -1.67. The molecule has 4 nitrogen and oxygen atoms in total. The summed E-state index contributed by atoms with van der Waals surface area (Å²) in [5.74, 6) is 2.39. The fraction of sp³-hybridized carbons (Fsp3) is 0.462. The molecule has 182 valence electrons. The lowest BCUT2D eigenvalue weighted by molar-refractivity contribution is 0.252. The van der Waals surface area contributed by atoms with E-state index in [1.54, 1.807) is 18.2 Å². The number of hydrogen-bond acceptors (Lipinski definition) is 4. The lowest BCUT2D eigenvalue weighted by atomic mass is 10.0. The first-order valence-electron chi connectivity index (χ1n) is 11.7. The Balaban J connectivity index is 1.58. The zero-order chi connectivity index (χ0) is 24.7. The third-order valence-electron chi connectivity index (χ3n) is 7.06. The highest BCUT2D eigenvalue weighted by atomic mass is 35.5. The van der Waals surface area contributed by atoms with Crippen molar-refractivity contribution in [2.24, 2.45) is 0 Å². The average molecular weight is 518 g/mol. The van der Waals surface area contributed by atoms with E-state index in [9.17, 15) is 4.39 Å². The van der Waals surface area contributed by atoms with Crippen LogP contribution < -0.4 is 0 Å². The van der Waals surface area contributed by atoms with Crippen molar-refractivity contribution in [1.82, 2.24) is 14.8 Å². The average Bonchev–Trinajstić information content (AvgIpc) is 3.05. The second-order valence-corrected chi connectivity index (χ2v) is 17.7. The highest BCUT2D eigenvalue weighted by Gasteiger charge is 2.40. The van der Waals surface area contributed by atoms with Crippen LogP contribution >= 0.6 is 23.4 Å². The lowest BCUT2D eigenvalue weighted by Gasteiger charge is -2.39. The minimum atomic E-state index is -1.84. The van der Waals surface area contributed by atoms with E-state index in [-0.39, 0.29) is 15.6 Å². The van der Waals surface area contributed by atoms with Gasteiger partial charge in [-0.25, -0.2) is 4.39 Å². The van der Waals surface area contributed by atoms with Crippen molar-refractivity contribution in [1.29, 1.82) is 0 Å². The van der Waals surface area contributed by atoms with Gasteiger partial charge in [0.2, 0.25) is 0 Å². The third kappa shape index (κ3) is 5.13. The second-order valence-electron chi connectivity index (χ2n) is 10.8. The number of fused-ring (bicyclic) bond motifs is 1. The SMILES string of the molecule is CC1(CO[Si](C)(C)C(C)(C)C)Cc2nnc(-c3ccc(-c4ccccc4F)cc3Cl)n2CCS1. The van der Waals surface area contributed by atoms with E-state index in [1.807, 2.05) is 30.0 Å². The number of rotatable bonds is 5. The van der Waals surface area contributed by atoms with E-state index in [4.69, 9.17) is 16.0 Å². The van der Waals surface area contributed by atoms with Crippen LogP contribution in [0.3, 0.4) is 0 Å². The van der Waals surface area contributed by atoms with Gasteiger partial charge >= 0.3 is 0 Å². The monoisotopic (exact) mass is 517 g/mol. The van der Waals surface area contributed by atoms with Gasteiger partial charge in [0.25, 0.3) is 0 Å². The van der Waals surface area contributed by atoms with Gasteiger partial charge in [0.05, 0.1) is 5.02 Å². The number of thioether (sulfide) groups is 1. The first-order chi connectivity index (χ1) is 15.9. The van der Waals surface area contributed by atoms with E-state index in [1.165, 1.54) is 6.07 Å². The molecule has 1 atom stereocenters. The van der Waals surface area contributed by atoms with Crippen LogP contribution in [0.15, 0.2) is 42.5 Å². The Morgan fingerprint density at radius 2 is 1.88 bits per heavy atom. The molecule has 0 radical (unpaired) electrons. The quantitative estimate of drug-likeness (QED) is 0.329. The summed E-state index contributed by atoms with van der Waals surface area (Å²) in [6.07, 6.45) is 0.782. The Morgan fingerprint density at radius 1 is 1.15 bits per heavy atom. The fourth-order valence-corrected chi connectivity index (χ4v) is 6.49. The molecule has 1 aromatic heterocycles. The predicted molar refractivity (Wildman–Crippen MR) is 144 cm³/mol. The summed E-state index contributed by atoms with van der Waals surface area (Å²) in [6, 6.07) is 12.3. The van der Waals surface area contributed by atoms with Crippen molar-refractivity contribution in [3.63, 3.8) is 0 Å². The highest BCUT2D eigenvalue weighted by molar-refractivity contribution is 8.00. The van der Waals surface area contributed by atoms with Crippen LogP contribution in [-0.2, 0) is 17.4 Å². The maximum absolute atomic E-state index is 14.2. The van der Waals surface area contributed by atoms with Crippen LogP contribution in [0.25, 0.3) is 22.5 Å². The zero-order valence-electron chi connectivity index (χ0n) is 20.8. The van der Waals surface area contributed by atoms with Crippen LogP contribution in [0.2, 0.25) is 23.2 Å². The van der Waals surface area contributed by atoms with Crippen LogP contribution in [0, 0.1) is 5.82 Å². The molecule has 0 amide bonds. The summed E-state index contributed by atoms with van der Waals surface area (Å²) in [5.41, 5.74) is 2.09. The predicted octanol–water partition coefficient (Wildman–Crippen LogP) is 7.47. The Kier molecular flexibility index (Phi) is 7.04. The molecule has 0 saturated carbocycles. The normalized spacial score (nSPS) is 19.1. The number of hydrogen-bond donors (Lipinski definition) is 0. The fourth-order valence-electron chi connectivity index (χ4n) is 3.87. The first-order valence-corrected chi connectivity index (χ1v) is 15.9. The zero-order valence-corrected chi connectivity index (χ0v) is 23.4. The summed E-state index contributed by atoms with van der Waals surface area (Å²) >= 11 is 8.62. The molecule has 0 aliphatic carbocycles. The van der Waals surface area contributed by atoms with Crippen molar-refractivity contribution >= 4 is 31.7 Å². The number of nitrogens with zero attached hydrogens (tertiary/aromatic N) is 3. The third-order valence-corrected chi connectivity index (χ3v) is 13.2. The van der Waals surface area contributed by atoms with E-state index in [0.29, 0.717) is 17.2 Å². The maximum atomic E-state index is 14.2. The molecule has 0 saturated heterocycles. The van der Waals surface area contributed by atoms with Gasteiger partial charge in [0.15, 0.2) is 14.1 Å². The minimum absolute atomic E-state index is 0.0629. The van der Waals surface area contributed by atoms with E-state index < -0.39 is 8.32 Å². The molecule has 34 heavy (non-hydrogen) atoms. The number of aromatic nitrogens is 3. The molecular weight excluding hydrogens is 485 g/mol. The van der Waals surface area contributed by atoms with Crippen molar-refractivity contribution in [2.75, 3.05) is 12.4 Å². The molecule has 1 aliphatic rings. The van der Waals surface area contributed by atoms with Crippen LogP contribution in [0.4, 0.5) is 4.39 Å². The van der Waals surface area contributed by atoms with Gasteiger partial charge < -0.3 is 8.99 Å². The topological polar surface area (TPSA) is 39.9 Å². The van der Waals surface area contributed by atoms with Gasteiger partial charge in [-0.1, -0.05) is 56.6 Å². The van der Waals surface area contributed by atoms with Gasteiger partial charge in [-0.2, -0.15) is 11.8 Å². The molecule has 1 aliphatic heterocycles. The first kappa shape index (κ1) is 25.4. The highest BCUT2D eigenvalue weighted by Crippen LogP contribution is 2.40. The largest absolute Gasteiger partial charge is 0.415 e. The summed E-state index contributed by atoms with van der Waals surface area (Å²) in [7, 11) is -1.84. The van der Waals surface area contributed by atoms with Crippen LogP contribution in [0.5, 0.6) is 0 Å². The smallest absolute Gasteiger partial charge is 0.192 e. The van der Waals surface area contributed by atoms with Crippen molar-refractivity contribution in [3.8, 4) is 22.5 Å². The van der Waals surface area contributed by atoms with Gasteiger partial charge in [0.1, 0.15) is 11.6 Å². The number of benzene rings is 2. The summed E-state index contributed by atoms with van der Waals surface area (Å²) in [5, 5.41) is 9.79. The Morgan fingerprint density at radius 3 is 2.56 bits per heavy atom. The van der Waals surface area contributed by atoms with Gasteiger partial charge in [0, 0.05) is 41.2 Å². The molecule has 1 unspecified atom stereocenters. The molecule has 2 heterocycles. The van der Waals surface area contributed by atoms with Crippen molar-refractivity contribution in [3.05, 3.63) is 59.1 Å². The summed E-state index contributed by atoms with van der Waals surface area (Å²) < 4.78 is 22.9. The van der Waals surface area contributed by atoms with E-state index >= 15 is 0 Å². The van der Waals surface area contributed by atoms with E-state index in [2.05, 4.69) is 55.6 Å². The van der Waals surface area contributed by atoms with Crippen LogP contribution in [0.1, 0.15) is 33.5 Å². The molecule has 0 bridgehead atoms. The Bertz CT molecular complexity index is 1190. The van der Waals surface area contributed by atoms with Gasteiger partial charge in [-0.05, 0) is 48.8 Å². The van der Waals surface area contributed by atoms with E-state index in [0.717, 1.165) is 41.5 Å². The summed E-state index contributed by atoms with van der Waals surface area (Å²) in [4.78, 5) is 0. The molecule has 0 fully saturated rings. The number of halogens is 2. The van der Waals surface area contributed by atoms with Crippen LogP contribution in [-0.4, -0.2) is 40.2 Å². The molecule has 3 aromatic rings. The van der Waals surface area contributed by atoms with Crippen molar-refractivity contribution < 1.29 is 8.82 Å². The molecule has 8 heteroatoms. The minimum Gasteiger partial charge on any atom is -0.415 e. The molecule has 4 rings (SSSR count). The summed E-state index contributed by atoms with van der Waals surface area (Å²) in [6.45, 7) is 15.2.